The van der Waals surface area contributed by atoms with Gasteiger partial charge in [0.15, 0.2) is 0 Å². The van der Waals surface area contributed by atoms with E-state index in [0.717, 1.165) is 12.8 Å². The minimum atomic E-state index is -0.670. The molecular formula is C8H19O2Sb. The van der Waals surface area contributed by atoms with E-state index >= 15 is 0 Å². The van der Waals surface area contributed by atoms with Crippen molar-refractivity contribution in [3.8, 4) is 0 Å². The fraction of sp³-hybridized carbons (Fsp3) is 0.875. The number of carboxylic acid groups (broad SMARTS) is 1. The summed E-state index contributed by atoms with van der Waals surface area (Å²) in [5.41, 5.74) is 0. The second-order valence-electron chi connectivity index (χ2n) is 2.56. The third-order valence-corrected chi connectivity index (χ3v) is 1.49. The Morgan fingerprint density at radius 2 is 1.73 bits per heavy atom. The molecule has 0 bridgehead atoms. The van der Waals surface area contributed by atoms with Gasteiger partial charge in [0.05, 0.1) is 0 Å². The van der Waals surface area contributed by atoms with Crippen LogP contribution in [0.25, 0.3) is 0 Å². The zero-order valence-corrected chi connectivity index (χ0v) is 11.3. The Kier molecular flexibility index (Phi) is 13.0. The molecule has 68 valence electrons. The van der Waals surface area contributed by atoms with Crippen molar-refractivity contribution >= 4 is 30.4 Å². The monoisotopic (exact) mass is 268 g/mol. The van der Waals surface area contributed by atoms with Gasteiger partial charge < -0.3 is 5.11 Å². The van der Waals surface area contributed by atoms with Crippen LogP contribution in [0.15, 0.2) is 0 Å². The molecule has 0 aliphatic rings. The normalized spacial score (nSPS) is 8.82. The molecule has 0 radical (unpaired) electrons. The van der Waals surface area contributed by atoms with Crippen LogP contribution in [0.1, 0.15) is 45.4 Å². The first-order chi connectivity index (χ1) is 4.77. The topological polar surface area (TPSA) is 37.3 Å². The third kappa shape index (κ3) is 13.3. The molecule has 0 saturated heterocycles. The van der Waals surface area contributed by atoms with Gasteiger partial charge in [-0.25, -0.2) is 0 Å². The van der Waals surface area contributed by atoms with Gasteiger partial charge >= 0.3 is 30.4 Å². The number of carboxylic acids is 1. The summed E-state index contributed by atoms with van der Waals surface area (Å²) in [6.45, 7) is 2.15. The van der Waals surface area contributed by atoms with Crippen LogP contribution in [0.3, 0.4) is 0 Å². The molecule has 0 heterocycles. The Balaban J connectivity index is 0. The maximum atomic E-state index is 10.0. The Bertz CT molecular complexity index is 94.1. The van der Waals surface area contributed by atoms with Gasteiger partial charge in [0.1, 0.15) is 0 Å². The van der Waals surface area contributed by atoms with E-state index in [0.29, 0.717) is 6.42 Å². The molecule has 0 amide bonds. The Hall–Kier alpha value is 0.288. The Labute approximate surface area is 85.8 Å². The molecule has 11 heavy (non-hydrogen) atoms. The van der Waals surface area contributed by atoms with Crippen LogP contribution in [0.4, 0.5) is 0 Å². The van der Waals surface area contributed by atoms with E-state index in [1.165, 1.54) is 19.3 Å². The van der Waals surface area contributed by atoms with Crippen molar-refractivity contribution < 1.29 is 9.90 Å². The van der Waals surface area contributed by atoms with Gasteiger partial charge in [-0.2, -0.15) is 0 Å². The number of hydrogen-bond acceptors (Lipinski definition) is 1. The quantitative estimate of drug-likeness (QED) is 0.582. The zero-order valence-electron chi connectivity index (χ0n) is 7.31. The van der Waals surface area contributed by atoms with E-state index in [4.69, 9.17) is 5.11 Å². The molecule has 0 fully saturated rings. The molecule has 0 aliphatic carbocycles. The van der Waals surface area contributed by atoms with Gasteiger partial charge in [-0.05, 0) is 6.42 Å². The summed E-state index contributed by atoms with van der Waals surface area (Å²) < 4.78 is 0. The molecule has 0 saturated carbocycles. The molecule has 0 spiro atoms. The SMILES string of the molecule is CCCCCCCC(=O)O.[SbH3]. The van der Waals surface area contributed by atoms with Gasteiger partial charge in [0, 0.05) is 6.42 Å². The van der Waals surface area contributed by atoms with Crippen LogP contribution in [-0.4, -0.2) is 35.5 Å². The minimum absolute atomic E-state index is 0. The first-order valence-electron chi connectivity index (χ1n) is 3.99. The van der Waals surface area contributed by atoms with Gasteiger partial charge in [0.2, 0.25) is 0 Å². The number of rotatable bonds is 6. The first-order valence-corrected chi connectivity index (χ1v) is 3.99. The maximum absolute atomic E-state index is 10.0. The van der Waals surface area contributed by atoms with Crippen LogP contribution < -0.4 is 0 Å². The number of carbonyl (C=O) groups is 1. The van der Waals surface area contributed by atoms with Crippen molar-refractivity contribution in [3.05, 3.63) is 0 Å². The predicted octanol–water partition coefficient (Wildman–Crippen LogP) is 1.25. The molecule has 1 N–H and O–H groups in total. The van der Waals surface area contributed by atoms with Gasteiger partial charge in [-0.3, -0.25) is 4.79 Å². The molecule has 0 aromatic carbocycles. The van der Waals surface area contributed by atoms with Crippen LogP contribution in [0.2, 0.25) is 0 Å². The molecule has 0 rings (SSSR count). The summed E-state index contributed by atoms with van der Waals surface area (Å²) >= 11 is 0. The van der Waals surface area contributed by atoms with E-state index in [9.17, 15) is 4.79 Å². The van der Waals surface area contributed by atoms with Crippen molar-refractivity contribution in [1.82, 2.24) is 0 Å². The van der Waals surface area contributed by atoms with E-state index in [1.807, 2.05) is 0 Å². The molecule has 0 aromatic heterocycles. The second-order valence-corrected chi connectivity index (χ2v) is 2.56. The third-order valence-electron chi connectivity index (χ3n) is 1.49. The molecule has 0 aliphatic heterocycles. The molecule has 0 unspecified atom stereocenters. The van der Waals surface area contributed by atoms with Crippen LogP contribution in [0, 0.1) is 0 Å². The zero-order chi connectivity index (χ0) is 7.82. The van der Waals surface area contributed by atoms with Gasteiger partial charge in [0.25, 0.3) is 0 Å². The Morgan fingerprint density at radius 1 is 1.18 bits per heavy atom. The predicted molar refractivity (Wildman–Crippen MR) is 51.0 cm³/mol. The van der Waals surface area contributed by atoms with E-state index in [1.54, 1.807) is 0 Å². The van der Waals surface area contributed by atoms with E-state index in [-0.39, 0.29) is 24.4 Å². The summed E-state index contributed by atoms with van der Waals surface area (Å²) in [4.78, 5) is 10.0. The first kappa shape index (κ1) is 13.8. The van der Waals surface area contributed by atoms with Crippen LogP contribution >= 0.6 is 0 Å². The molecular weight excluding hydrogens is 250 g/mol. The van der Waals surface area contributed by atoms with Crippen molar-refractivity contribution in [2.24, 2.45) is 0 Å². The number of aliphatic carboxylic acids is 1. The standard InChI is InChI=1S/C8H16O2.Sb.3H/c1-2-3-4-5-6-7-8(9)10;;;;/h2-7H2,1H3,(H,9,10);;;;. The second kappa shape index (κ2) is 10.3. The van der Waals surface area contributed by atoms with Crippen molar-refractivity contribution in [3.63, 3.8) is 0 Å². The summed E-state index contributed by atoms with van der Waals surface area (Å²) in [6.07, 6.45) is 5.88. The molecule has 0 aromatic rings. The summed E-state index contributed by atoms with van der Waals surface area (Å²) in [7, 11) is 0. The molecule has 3 heteroatoms. The summed E-state index contributed by atoms with van der Waals surface area (Å²) in [5.74, 6) is -0.670. The Morgan fingerprint density at radius 3 is 2.18 bits per heavy atom. The van der Waals surface area contributed by atoms with Gasteiger partial charge in [-0.1, -0.05) is 32.6 Å². The molecule has 2 nitrogen and oxygen atoms in total. The number of unbranched alkanes of at least 4 members (excludes halogenated alkanes) is 4. The van der Waals surface area contributed by atoms with Crippen molar-refractivity contribution in [2.75, 3.05) is 0 Å². The average Bonchev–Trinajstić information content (AvgIpc) is 1.87. The van der Waals surface area contributed by atoms with E-state index < -0.39 is 5.97 Å². The molecule has 0 atom stereocenters. The average molecular weight is 269 g/mol. The van der Waals surface area contributed by atoms with Gasteiger partial charge in [-0.15, -0.1) is 0 Å². The summed E-state index contributed by atoms with van der Waals surface area (Å²) in [5, 5.41) is 8.27. The van der Waals surface area contributed by atoms with Crippen LogP contribution in [-0.2, 0) is 4.79 Å². The summed E-state index contributed by atoms with van der Waals surface area (Å²) in [6, 6.07) is 0. The fourth-order valence-corrected chi connectivity index (χ4v) is 0.880. The fourth-order valence-electron chi connectivity index (χ4n) is 0.880. The number of hydrogen-bond donors (Lipinski definition) is 1. The van der Waals surface area contributed by atoms with Crippen LogP contribution in [0.5, 0.6) is 0 Å². The van der Waals surface area contributed by atoms with E-state index in [2.05, 4.69) is 6.92 Å². The van der Waals surface area contributed by atoms with Crippen molar-refractivity contribution in [1.29, 1.82) is 0 Å². The van der Waals surface area contributed by atoms with Crippen molar-refractivity contribution in [2.45, 2.75) is 45.4 Å².